The lowest BCUT2D eigenvalue weighted by molar-refractivity contribution is 0.00343. The fourth-order valence-electron chi connectivity index (χ4n) is 1.82. The molecule has 3 nitrogen and oxygen atoms in total. The van der Waals surface area contributed by atoms with Crippen LogP contribution in [0.4, 0.5) is 0 Å². The van der Waals surface area contributed by atoms with E-state index in [1.54, 1.807) is 25.1 Å². The van der Waals surface area contributed by atoms with E-state index in [0.29, 0.717) is 22.9 Å². The van der Waals surface area contributed by atoms with E-state index in [9.17, 15) is 5.11 Å². The Bertz CT molecular complexity index is 541. The Kier molecular flexibility index (Phi) is 5.41. The van der Waals surface area contributed by atoms with Gasteiger partial charge in [-0.25, -0.2) is 0 Å². The van der Waals surface area contributed by atoms with Crippen LogP contribution < -0.4 is 4.74 Å². The molecule has 0 bridgehead atoms. The van der Waals surface area contributed by atoms with E-state index in [-0.39, 0.29) is 6.79 Å². The van der Waals surface area contributed by atoms with Crippen LogP contribution in [0.25, 0.3) is 0 Å². The van der Waals surface area contributed by atoms with Crippen LogP contribution >= 0.6 is 11.6 Å². The maximum absolute atomic E-state index is 9.68. The first kappa shape index (κ1) is 14.9. The third kappa shape index (κ3) is 4.23. The lowest BCUT2D eigenvalue weighted by atomic mass is 10.1. The number of aliphatic hydroxyl groups excluding tert-OH is 1. The van der Waals surface area contributed by atoms with Crippen LogP contribution in [0, 0.1) is 0 Å². The van der Waals surface area contributed by atoms with Gasteiger partial charge < -0.3 is 14.6 Å². The number of hydrogen-bond acceptors (Lipinski definition) is 3. The summed E-state index contributed by atoms with van der Waals surface area (Å²) in [5.74, 6) is 0.581. The predicted molar refractivity (Wildman–Crippen MR) is 78.8 cm³/mol. The highest BCUT2D eigenvalue weighted by atomic mass is 35.5. The average Bonchev–Trinajstić information content (AvgIpc) is 2.45. The molecule has 2 rings (SSSR count). The third-order valence-electron chi connectivity index (χ3n) is 2.83. The number of benzene rings is 2. The minimum Gasteiger partial charge on any atom is -0.467 e. The summed E-state index contributed by atoms with van der Waals surface area (Å²) >= 11 is 5.90. The second-order valence-electron chi connectivity index (χ2n) is 4.45. The van der Waals surface area contributed by atoms with E-state index >= 15 is 0 Å². The minimum atomic E-state index is -0.641. The molecule has 0 aliphatic carbocycles. The molecule has 0 radical (unpaired) electrons. The molecule has 0 fully saturated rings. The molecule has 20 heavy (non-hydrogen) atoms. The summed E-state index contributed by atoms with van der Waals surface area (Å²) in [6, 6.07) is 15.0. The first-order chi connectivity index (χ1) is 9.66. The van der Waals surface area contributed by atoms with Crippen molar-refractivity contribution in [2.45, 2.75) is 19.6 Å². The van der Waals surface area contributed by atoms with Gasteiger partial charge in [0.15, 0.2) is 6.79 Å². The van der Waals surface area contributed by atoms with Crippen molar-refractivity contribution in [1.29, 1.82) is 0 Å². The van der Waals surface area contributed by atoms with Crippen LogP contribution in [0.1, 0.15) is 24.2 Å². The van der Waals surface area contributed by atoms with Gasteiger partial charge in [0.05, 0.1) is 12.7 Å². The second-order valence-corrected chi connectivity index (χ2v) is 4.89. The summed E-state index contributed by atoms with van der Waals surface area (Å²) < 4.78 is 11.0. The van der Waals surface area contributed by atoms with Crippen LogP contribution in [0.3, 0.4) is 0 Å². The summed E-state index contributed by atoms with van der Waals surface area (Å²) in [4.78, 5) is 0. The zero-order chi connectivity index (χ0) is 14.4. The van der Waals surface area contributed by atoms with E-state index in [2.05, 4.69) is 0 Å². The van der Waals surface area contributed by atoms with Crippen molar-refractivity contribution in [2.75, 3.05) is 6.79 Å². The SMILES string of the molecule is CC(O)c1cc(Cl)ccc1OCOCc1ccccc1. The van der Waals surface area contributed by atoms with Crippen molar-refractivity contribution >= 4 is 11.6 Å². The molecule has 1 unspecified atom stereocenters. The Morgan fingerprint density at radius 1 is 1.15 bits per heavy atom. The van der Waals surface area contributed by atoms with E-state index < -0.39 is 6.10 Å². The van der Waals surface area contributed by atoms with Gasteiger partial charge in [0, 0.05) is 10.6 Å². The number of hydrogen-bond donors (Lipinski definition) is 1. The standard InChI is InChI=1S/C16H17ClO3/c1-12(18)15-9-14(17)7-8-16(15)20-11-19-10-13-5-3-2-4-6-13/h2-9,12,18H,10-11H2,1H3. The molecule has 106 valence electrons. The molecule has 0 aliphatic heterocycles. The molecular weight excluding hydrogens is 276 g/mol. The van der Waals surface area contributed by atoms with E-state index in [1.165, 1.54) is 0 Å². The van der Waals surface area contributed by atoms with Crippen molar-refractivity contribution < 1.29 is 14.6 Å². The molecule has 0 spiro atoms. The van der Waals surface area contributed by atoms with Crippen LogP contribution in [-0.2, 0) is 11.3 Å². The summed E-state index contributed by atoms with van der Waals surface area (Å²) in [5.41, 5.74) is 1.74. The number of rotatable bonds is 6. The number of aliphatic hydroxyl groups is 1. The third-order valence-corrected chi connectivity index (χ3v) is 3.07. The highest BCUT2D eigenvalue weighted by Crippen LogP contribution is 2.28. The van der Waals surface area contributed by atoms with Crippen molar-refractivity contribution in [3.8, 4) is 5.75 Å². The summed E-state index contributed by atoms with van der Waals surface area (Å²) in [7, 11) is 0. The molecule has 1 atom stereocenters. The maximum Gasteiger partial charge on any atom is 0.189 e. The van der Waals surface area contributed by atoms with Gasteiger partial charge in [-0.2, -0.15) is 0 Å². The van der Waals surface area contributed by atoms with Gasteiger partial charge in [-0.1, -0.05) is 41.9 Å². The van der Waals surface area contributed by atoms with Crippen molar-refractivity contribution in [1.82, 2.24) is 0 Å². The highest BCUT2D eigenvalue weighted by molar-refractivity contribution is 6.30. The molecule has 0 aliphatic rings. The normalized spacial score (nSPS) is 12.2. The smallest absolute Gasteiger partial charge is 0.189 e. The number of halogens is 1. The van der Waals surface area contributed by atoms with Crippen LogP contribution in [0.2, 0.25) is 5.02 Å². The summed E-state index contributed by atoms with van der Waals surface area (Å²) in [6.07, 6.45) is -0.641. The van der Waals surface area contributed by atoms with Gasteiger partial charge in [-0.3, -0.25) is 0 Å². The molecule has 2 aromatic carbocycles. The van der Waals surface area contributed by atoms with Gasteiger partial charge in [-0.15, -0.1) is 0 Å². The van der Waals surface area contributed by atoms with Crippen LogP contribution in [-0.4, -0.2) is 11.9 Å². The Morgan fingerprint density at radius 3 is 2.60 bits per heavy atom. The number of ether oxygens (including phenoxy) is 2. The van der Waals surface area contributed by atoms with Crippen molar-refractivity contribution in [3.63, 3.8) is 0 Å². The van der Waals surface area contributed by atoms with Crippen molar-refractivity contribution in [3.05, 3.63) is 64.7 Å². The second kappa shape index (κ2) is 7.29. The summed E-state index contributed by atoms with van der Waals surface area (Å²) in [5, 5.41) is 10.3. The topological polar surface area (TPSA) is 38.7 Å². The molecule has 2 aromatic rings. The maximum atomic E-state index is 9.68. The predicted octanol–water partition coefficient (Wildman–Crippen LogP) is 3.95. The quantitative estimate of drug-likeness (QED) is 0.647. The molecule has 0 saturated carbocycles. The molecular formula is C16H17ClO3. The molecule has 0 saturated heterocycles. The van der Waals surface area contributed by atoms with Crippen LogP contribution in [0.15, 0.2) is 48.5 Å². The fourth-order valence-corrected chi connectivity index (χ4v) is 2.00. The molecule has 0 heterocycles. The highest BCUT2D eigenvalue weighted by Gasteiger charge is 2.09. The van der Waals surface area contributed by atoms with Gasteiger partial charge in [0.25, 0.3) is 0 Å². The largest absolute Gasteiger partial charge is 0.467 e. The van der Waals surface area contributed by atoms with Gasteiger partial charge >= 0.3 is 0 Å². The average molecular weight is 293 g/mol. The molecule has 4 heteroatoms. The van der Waals surface area contributed by atoms with Gasteiger partial charge in [0.2, 0.25) is 0 Å². The first-order valence-electron chi connectivity index (χ1n) is 6.39. The van der Waals surface area contributed by atoms with E-state index in [1.807, 2.05) is 30.3 Å². The van der Waals surface area contributed by atoms with E-state index in [4.69, 9.17) is 21.1 Å². The summed E-state index contributed by atoms with van der Waals surface area (Å²) in [6.45, 7) is 2.28. The fraction of sp³-hybridized carbons (Fsp3) is 0.250. The van der Waals surface area contributed by atoms with Crippen LogP contribution in [0.5, 0.6) is 5.75 Å². The zero-order valence-corrected chi connectivity index (χ0v) is 12.0. The first-order valence-corrected chi connectivity index (χ1v) is 6.76. The Balaban J connectivity index is 1.88. The Labute approximate surface area is 123 Å². The van der Waals surface area contributed by atoms with E-state index in [0.717, 1.165) is 5.56 Å². The Morgan fingerprint density at radius 2 is 1.90 bits per heavy atom. The lowest BCUT2D eigenvalue weighted by Gasteiger charge is -2.14. The monoisotopic (exact) mass is 292 g/mol. The lowest BCUT2D eigenvalue weighted by Crippen LogP contribution is -2.05. The minimum absolute atomic E-state index is 0.121. The van der Waals surface area contributed by atoms with Gasteiger partial charge in [-0.05, 0) is 30.7 Å². The molecule has 0 aromatic heterocycles. The zero-order valence-electron chi connectivity index (χ0n) is 11.3. The molecule has 0 amide bonds. The van der Waals surface area contributed by atoms with Crippen molar-refractivity contribution in [2.24, 2.45) is 0 Å². The Hall–Kier alpha value is -1.55. The van der Waals surface area contributed by atoms with Gasteiger partial charge in [0.1, 0.15) is 5.75 Å². The molecule has 1 N–H and O–H groups in total.